The summed E-state index contributed by atoms with van der Waals surface area (Å²) in [5.74, 6) is 1.21. The zero-order valence-electron chi connectivity index (χ0n) is 15.5. The summed E-state index contributed by atoms with van der Waals surface area (Å²) in [5, 5.41) is 6.15. The number of rotatable bonds is 7. The molecule has 27 heavy (non-hydrogen) atoms. The van der Waals surface area contributed by atoms with E-state index in [1.165, 1.54) is 11.1 Å². The number of hydrogen-bond acceptors (Lipinski definition) is 4. The largest absolute Gasteiger partial charge is 0.497 e. The smallest absolute Gasteiger partial charge is 0.229 e. The minimum absolute atomic E-state index is 0.104. The summed E-state index contributed by atoms with van der Waals surface area (Å²) < 4.78 is 5.12. The van der Waals surface area contributed by atoms with Crippen LogP contribution in [0.4, 0.5) is 11.5 Å². The lowest BCUT2D eigenvalue weighted by molar-refractivity contribution is -0.115. The van der Waals surface area contributed by atoms with Crippen molar-refractivity contribution in [1.29, 1.82) is 0 Å². The van der Waals surface area contributed by atoms with Crippen molar-refractivity contribution in [2.24, 2.45) is 0 Å². The number of benzene rings is 2. The van der Waals surface area contributed by atoms with Crippen LogP contribution in [0.5, 0.6) is 5.75 Å². The average molecular weight is 361 g/mol. The predicted molar refractivity (Wildman–Crippen MR) is 108 cm³/mol. The lowest BCUT2D eigenvalue weighted by atomic mass is 10.1. The fourth-order valence-electron chi connectivity index (χ4n) is 2.71. The number of amides is 1. The van der Waals surface area contributed by atoms with Crippen molar-refractivity contribution in [2.45, 2.75) is 19.9 Å². The zero-order chi connectivity index (χ0) is 19.1. The molecule has 5 heteroatoms. The molecule has 3 aromatic rings. The molecule has 0 atom stereocenters. The van der Waals surface area contributed by atoms with Crippen molar-refractivity contribution < 1.29 is 9.53 Å². The van der Waals surface area contributed by atoms with E-state index < -0.39 is 0 Å². The van der Waals surface area contributed by atoms with E-state index in [4.69, 9.17) is 4.74 Å². The number of anilines is 2. The first-order valence-electron chi connectivity index (χ1n) is 8.80. The summed E-state index contributed by atoms with van der Waals surface area (Å²) in [7, 11) is 1.62. The SMILES string of the molecule is COc1ccc(CC(=O)Nc2ccc(NCc3cccc(C)c3)cn2)cc1. The van der Waals surface area contributed by atoms with Crippen molar-refractivity contribution in [2.75, 3.05) is 17.7 Å². The van der Waals surface area contributed by atoms with Gasteiger partial charge in [-0.1, -0.05) is 42.0 Å². The highest BCUT2D eigenvalue weighted by Gasteiger charge is 2.05. The first-order valence-corrected chi connectivity index (χ1v) is 8.80. The summed E-state index contributed by atoms with van der Waals surface area (Å²) >= 11 is 0. The van der Waals surface area contributed by atoms with E-state index in [-0.39, 0.29) is 5.91 Å². The summed E-state index contributed by atoms with van der Waals surface area (Å²) in [6.45, 7) is 2.81. The number of pyridine rings is 1. The van der Waals surface area contributed by atoms with Gasteiger partial charge in [0.15, 0.2) is 0 Å². The second-order valence-electron chi connectivity index (χ2n) is 6.35. The first kappa shape index (κ1) is 18.5. The molecule has 5 nitrogen and oxygen atoms in total. The van der Waals surface area contributed by atoms with Crippen molar-refractivity contribution in [1.82, 2.24) is 4.98 Å². The van der Waals surface area contributed by atoms with Gasteiger partial charge in [-0.05, 0) is 42.3 Å². The van der Waals surface area contributed by atoms with E-state index in [0.29, 0.717) is 12.2 Å². The Morgan fingerprint density at radius 1 is 1.04 bits per heavy atom. The maximum atomic E-state index is 12.2. The monoisotopic (exact) mass is 361 g/mol. The van der Waals surface area contributed by atoms with Crippen molar-refractivity contribution in [3.63, 3.8) is 0 Å². The molecule has 0 aliphatic carbocycles. The second kappa shape index (κ2) is 8.85. The van der Waals surface area contributed by atoms with Crippen LogP contribution >= 0.6 is 0 Å². The third-order valence-corrected chi connectivity index (χ3v) is 4.13. The van der Waals surface area contributed by atoms with E-state index in [1.54, 1.807) is 19.4 Å². The third kappa shape index (κ3) is 5.57. The molecular weight excluding hydrogens is 338 g/mol. The Morgan fingerprint density at radius 2 is 1.85 bits per heavy atom. The second-order valence-corrected chi connectivity index (χ2v) is 6.35. The maximum Gasteiger partial charge on any atom is 0.229 e. The van der Waals surface area contributed by atoms with Crippen LogP contribution in [0, 0.1) is 6.92 Å². The highest BCUT2D eigenvalue weighted by molar-refractivity contribution is 5.91. The van der Waals surface area contributed by atoms with Crippen LogP contribution < -0.4 is 15.4 Å². The molecule has 2 N–H and O–H groups in total. The number of aromatic nitrogens is 1. The number of carbonyl (C=O) groups excluding carboxylic acids is 1. The molecule has 0 saturated heterocycles. The maximum absolute atomic E-state index is 12.2. The Morgan fingerprint density at radius 3 is 2.52 bits per heavy atom. The molecule has 1 heterocycles. The lowest BCUT2D eigenvalue weighted by Gasteiger charge is -2.09. The quantitative estimate of drug-likeness (QED) is 0.662. The molecule has 1 amide bonds. The minimum atomic E-state index is -0.104. The third-order valence-electron chi connectivity index (χ3n) is 4.13. The van der Waals surface area contributed by atoms with Crippen LogP contribution in [-0.2, 0) is 17.8 Å². The number of carbonyl (C=O) groups is 1. The fourth-order valence-corrected chi connectivity index (χ4v) is 2.71. The van der Waals surface area contributed by atoms with Gasteiger partial charge in [0, 0.05) is 6.54 Å². The predicted octanol–water partition coefficient (Wildman–Crippen LogP) is 4.19. The van der Waals surface area contributed by atoms with Gasteiger partial charge in [-0.25, -0.2) is 4.98 Å². The summed E-state index contributed by atoms with van der Waals surface area (Å²) in [4.78, 5) is 16.5. The Bertz CT molecular complexity index is 890. The Kier molecular flexibility index (Phi) is 6.05. The topological polar surface area (TPSA) is 63.2 Å². The van der Waals surface area contributed by atoms with E-state index >= 15 is 0 Å². The van der Waals surface area contributed by atoms with Crippen LogP contribution in [0.2, 0.25) is 0 Å². The standard InChI is InChI=1S/C22H23N3O2/c1-16-4-3-5-18(12-16)14-23-19-8-11-21(24-15-19)25-22(26)13-17-6-9-20(27-2)10-7-17/h3-12,15,23H,13-14H2,1-2H3,(H,24,25,26). The van der Waals surface area contributed by atoms with Crippen LogP contribution in [0.3, 0.4) is 0 Å². The molecule has 0 radical (unpaired) electrons. The molecule has 0 unspecified atom stereocenters. The lowest BCUT2D eigenvalue weighted by Crippen LogP contribution is -2.15. The van der Waals surface area contributed by atoms with E-state index in [9.17, 15) is 4.79 Å². The molecule has 0 spiro atoms. The number of nitrogens with zero attached hydrogens (tertiary/aromatic N) is 1. The van der Waals surface area contributed by atoms with Gasteiger partial charge >= 0.3 is 0 Å². The molecule has 0 bridgehead atoms. The Balaban J connectivity index is 1.51. The highest BCUT2D eigenvalue weighted by Crippen LogP contribution is 2.14. The number of methoxy groups -OCH3 is 1. The zero-order valence-corrected chi connectivity index (χ0v) is 15.5. The number of nitrogens with one attached hydrogen (secondary N) is 2. The molecule has 1 aromatic heterocycles. The summed E-state index contributed by atoms with van der Waals surface area (Å²) in [5.41, 5.74) is 4.28. The van der Waals surface area contributed by atoms with Crippen LogP contribution in [-0.4, -0.2) is 18.0 Å². The Labute approximate surface area is 159 Å². The van der Waals surface area contributed by atoms with Gasteiger partial charge in [-0.15, -0.1) is 0 Å². The first-order chi connectivity index (χ1) is 13.1. The van der Waals surface area contributed by atoms with Crippen LogP contribution in [0.15, 0.2) is 66.9 Å². The molecule has 0 aliphatic rings. The van der Waals surface area contributed by atoms with Crippen molar-refractivity contribution >= 4 is 17.4 Å². The van der Waals surface area contributed by atoms with Gasteiger partial charge in [-0.3, -0.25) is 4.79 Å². The molecule has 3 rings (SSSR count). The Hall–Kier alpha value is -3.34. The highest BCUT2D eigenvalue weighted by atomic mass is 16.5. The van der Waals surface area contributed by atoms with E-state index in [1.807, 2.05) is 36.4 Å². The summed E-state index contributed by atoms with van der Waals surface area (Å²) in [6, 6.07) is 19.5. The number of hydrogen-bond donors (Lipinski definition) is 2. The van der Waals surface area contributed by atoms with Crippen molar-refractivity contribution in [3.05, 3.63) is 83.6 Å². The van der Waals surface area contributed by atoms with Gasteiger partial charge in [-0.2, -0.15) is 0 Å². The minimum Gasteiger partial charge on any atom is -0.497 e. The van der Waals surface area contributed by atoms with Gasteiger partial charge in [0.25, 0.3) is 0 Å². The van der Waals surface area contributed by atoms with E-state index in [0.717, 1.165) is 23.5 Å². The molecule has 0 fully saturated rings. The van der Waals surface area contributed by atoms with Crippen LogP contribution in [0.1, 0.15) is 16.7 Å². The summed E-state index contributed by atoms with van der Waals surface area (Å²) in [6.07, 6.45) is 2.01. The molecule has 138 valence electrons. The van der Waals surface area contributed by atoms with Gasteiger partial charge in [0.05, 0.1) is 25.4 Å². The normalized spacial score (nSPS) is 10.3. The average Bonchev–Trinajstić information content (AvgIpc) is 2.68. The number of aryl methyl sites for hydroxylation is 1. The van der Waals surface area contributed by atoms with Gasteiger partial charge in [0.1, 0.15) is 11.6 Å². The molecular formula is C22H23N3O2. The van der Waals surface area contributed by atoms with Crippen molar-refractivity contribution in [3.8, 4) is 5.75 Å². The van der Waals surface area contributed by atoms with Gasteiger partial charge < -0.3 is 15.4 Å². The molecule has 2 aromatic carbocycles. The fraction of sp³-hybridized carbons (Fsp3) is 0.182. The van der Waals surface area contributed by atoms with Gasteiger partial charge in [0.2, 0.25) is 5.91 Å². The van der Waals surface area contributed by atoms with E-state index in [2.05, 4.69) is 40.7 Å². The van der Waals surface area contributed by atoms with Crippen LogP contribution in [0.25, 0.3) is 0 Å². The number of ether oxygens (including phenoxy) is 1. The molecule has 0 saturated carbocycles. The molecule has 0 aliphatic heterocycles.